The molecule has 1 aromatic heterocycles. The predicted octanol–water partition coefficient (Wildman–Crippen LogP) is 3.02. The molecule has 0 radical (unpaired) electrons. The molecule has 0 aliphatic rings. The first-order valence-electron chi connectivity index (χ1n) is 5.98. The molecule has 0 aliphatic carbocycles. The second kappa shape index (κ2) is 5.22. The Bertz CT molecular complexity index is 591. The minimum Gasteiger partial charge on any atom is -0.496 e. The number of nitrogens with zero attached hydrogens (tertiary/aromatic N) is 1. The molecule has 1 aromatic carbocycles. The summed E-state index contributed by atoms with van der Waals surface area (Å²) in [6.07, 6.45) is 0. The van der Waals surface area contributed by atoms with E-state index in [1.807, 2.05) is 26.0 Å². The molecule has 2 rings (SSSR count). The van der Waals surface area contributed by atoms with Gasteiger partial charge in [-0.25, -0.2) is 0 Å². The standard InChI is InChI=1S/C14H18N2O3/c1-8-6-12(18-5)10(7-11(8)17-4)13-9(2)19-14(15-3)16-13/h6-7H,1-5H3,(H,15,16). The van der Waals surface area contributed by atoms with E-state index in [9.17, 15) is 0 Å². The number of ether oxygens (including phenoxy) is 2. The van der Waals surface area contributed by atoms with Crippen molar-refractivity contribution >= 4 is 6.01 Å². The van der Waals surface area contributed by atoms with Gasteiger partial charge in [-0.1, -0.05) is 0 Å². The number of oxazole rings is 1. The van der Waals surface area contributed by atoms with Crippen LogP contribution in [0.5, 0.6) is 11.5 Å². The SMILES string of the molecule is CNc1nc(-c2cc(OC)c(C)cc2OC)c(C)o1. The largest absolute Gasteiger partial charge is 0.496 e. The number of rotatable bonds is 4. The first kappa shape index (κ1) is 13.3. The lowest BCUT2D eigenvalue weighted by Crippen LogP contribution is -1.94. The third-order valence-corrected chi connectivity index (χ3v) is 2.98. The Kier molecular flexibility index (Phi) is 3.64. The zero-order valence-corrected chi connectivity index (χ0v) is 11.8. The monoisotopic (exact) mass is 262 g/mol. The summed E-state index contributed by atoms with van der Waals surface area (Å²) in [5.41, 5.74) is 2.62. The Morgan fingerprint density at radius 1 is 1.11 bits per heavy atom. The minimum absolute atomic E-state index is 0.481. The number of aryl methyl sites for hydroxylation is 2. The van der Waals surface area contributed by atoms with Gasteiger partial charge in [-0.2, -0.15) is 4.98 Å². The van der Waals surface area contributed by atoms with Crippen LogP contribution < -0.4 is 14.8 Å². The maximum Gasteiger partial charge on any atom is 0.295 e. The molecule has 2 aromatic rings. The van der Waals surface area contributed by atoms with Gasteiger partial charge in [-0.05, 0) is 31.5 Å². The molecule has 1 heterocycles. The molecule has 0 spiro atoms. The fourth-order valence-electron chi connectivity index (χ4n) is 1.99. The van der Waals surface area contributed by atoms with Crippen LogP contribution in [0.4, 0.5) is 6.01 Å². The van der Waals surface area contributed by atoms with Crippen LogP contribution in [0, 0.1) is 13.8 Å². The number of hydrogen-bond donors (Lipinski definition) is 1. The van der Waals surface area contributed by atoms with Gasteiger partial charge in [0.05, 0.1) is 14.2 Å². The molecule has 0 aliphatic heterocycles. The summed E-state index contributed by atoms with van der Waals surface area (Å²) in [4.78, 5) is 4.40. The summed E-state index contributed by atoms with van der Waals surface area (Å²) in [6, 6.07) is 4.33. The fraction of sp³-hybridized carbons (Fsp3) is 0.357. The maximum absolute atomic E-state index is 5.50. The first-order chi connectivity index (χ1) is 9.10. The summed E-state index contributed by atoms with van der Waals surface area (Å²) in [5.74, 6) is 2.27. The molecule has 0 amide bonds. The van der Waals surface area contributed by atoms with Gasteiger partial charge in [0.2, 0.25) is 0 Å². The Labute approximate surface area is 112 Å². The molecule has 5 heteroatoms. The average Bonchev–Trinajstić information content (AvgIpc) is 2.79. The predicted molar refractivity (Wildman–Crippen MR) is 74.1 cm³/mol. The minimum atomic E-state index is 0.481. The number of benzene rings is 1. The van der Waals surface area contributed by atoms with Crippen molar-refractivity contribution in [3.63, 3.8) is 0 Å². The quantitative estimate of drug-likeness (QED) is 0.917. The van der Waals surface area contributed by atoms with Crippen LogP contribution in [-0.2, 0) is 0 Å². The normalized spacial score (nSPS) is 10.4. The van der Waals surface area contributed by atoms with Gasteiger partial charge in [-0.15, -0.1) is 0 Å². The molecule has 0 saturated heterocycles. The molecule has 102 valence electrons. The summed E-state index contributed by atoms with van der Waals surface area (Å²) >= 11 is 0. The molecule has 19 heavy (non-hydrogen) atoms. The number of hydrogen-bond acceptors (Lipinski definition) is 5. The van der Waals surface area contributed by atoms with E-state index in [0.717, 1.165) is 34.1 Å². The zero-order chi connectivity index (χ0) is 14.0. The van der Waals surface area contributed by atoms with Crippen molar-refractivity contribution in [1.82, 2.24) is 4.98 Å². The van der Waals surface area contributed by atoms with Crippen molar-refractivity contribution in [2.75, 3.05) is 26.6 Å². The van der Waals surface area contributed by atoms with Crippen LogP contribution >= 0.6 is 0 Å². The van der Waals surface area contributed by atoms with Crippen molar-refractivity contribution in [1.29, 1.82) is 0 Å². The van der Waals surface area contributed by atoms with Crippen molar-refractivity contribution in [2.24, 2.45) is 0 Å². The van der Waals surface area contributed by atoms with Gasteiger partial charge < -0.3 is 19.2 Å². The number of nitrogens with one attached hydrogen (secondary N) is 1. The zero-order valence-electron chi connectivity index (χ0n) is 11.8. The van der Waals surface area contributed by atoms with Crippen LogP contribution in [0.2, 0.25) is 0 Å². The first-order valence-corrected chi connectivity index (χ1v) is 5.98. The number of anilines is 1. The maximum atomic E-state index is 5.50. The van der Waals surface area contributed by atoms with Gasteiger partial charge in [0.1, 0.15) is 23.0 Å². The summed E-state index contributed by atoms with van der Waals surface area (Å²) in [7, 11) is 5.05. The van der Waals surface area contributed by atoms with E-state index in [2.05, 4.69) is 10.3 Å². The highest BCUT2D eigenvalue weighted by Gasteiger charge is 2.17. The highest BCUT2D eigenvalue weighted by molar-refractivity contribution is 5.72. The van der Waals surface area contributed by atoms with E-state index in [0.29, 0.717) is 6.01 Å². The van der Waals surface area contributed by atoms with Gasteiger partial charge in [0, 0.05) is 12.6 Å². The van der Waals surface area contributed by atoms with E-state index >= 15 is 0 Å². The molecule has 0 unspecified atom stereocenters. The van der Waals surface area contributed by atoms with E-state index in [4.69, 9.17) is 13.9 Å². The van der Waals surface area contributed by atoms with E-state index in [1.165, 1.54) is 0 Å². The van der Waals surface area contributed by atoms with Gasteiger partial charge in [0.25, 0.3) is 6.01 Å². The Morgan fingerprint density at radius 2 is 1.79 bits per heavy atom. The van der Waals surface area contributed by atoms with Crippen LogP contribution in [0.25, 0.3) is 11.3 Å². The van der Waals surface area contributed by atoms with Gasteiger partial charge >= 0.3 is 0 Å². The van der Waals surface area contributed by atoms with Crippen molar-refractivity contribution in [3.05, 3.63) is 23.5 Å². The smallest absolute Gasteiger partial charge is 0.295 e. The highest BCUT2D eigenvalue weighted by Crippen LogP contribution is 2.37. The fourth-order valence-corrected chi connectivity index (χ4v) is 1.99. The lowest BCUT2D eigenvalue weighted by molar-refractivity contribution is 0.401. The van der Waals surface area contributed by atoms with Gasteiger partial charge in [-0.3, -0.25) is 0 Å². The van der Waals surface area contributed by atoms with Gasteiger partial charge in [0.15, 0.2) is 0 Å². The third kappa shape index (κ3) is 2.36. The second-order valence-electron chi connectivity index (χ2n) is 4.20. The van der Waals surface area contributed by atoms with Crippen LogP contribution in [0.1, 0.15) is 11.3 Å². The van der Waals surface area contributed by atoms with Crippen LogP contribution in [-0.4, -0.2) is 26.3 Å². The van der Waals surface area contributed by atoms with Crippen LogP contribution in [0.15, 0.2) is 16.5 Å². The topological polar surface area (TPSA) is 56.5 Å². The van der Waals surface area contributed by atoms with Crippen molar-refractivity contribution in [3.8, 4) is 22.8 Å². The Hall–Kier alpha value is -2.17. The molecule has 0 atom stereocenters. The molecule has 0 saturated carbocycles. The third-order valence-electron chi connectivity index (χ3n) is 2.98. The average molecular weight is 262 g/mol. The molecular weight excluding hydrogens is 244 g/mol. The lowest BCUT2D eigenvalue weighted by Gasteiger charge is -2.11. The molecule has 0 fully saturated rings. The summed E-state index contributed by atoms with van der Waals surface area (Å²) in [6.45, 7) is 3.84. The molecule has 1 N–H and O–H groups in total. The number of aromatic nitrogens is 1. The summed E-state index contributed by atoms with van der Waals surface area (Å²) < 4.78 is 16.3. The van der Waals surface area contributed by atoms with Crippen LogP contribution in [0.3, 0.4) is 0 Å². The van der Waals surface area contributed by atoms with Crippen molar-refractivity contribution in [2.45, 2.75) is 13.8 Å². The van der Waals surface area contributed by atoms with E-state index < -0.39 is 0 Å². The molecule has 0 bridgehead atoms. The Morgan fingerprint density at radius 3 is 2.32 bits per heavy atom. The summed E-state index contributed by atoms with van der Waals surface area (Å²) in [5, 5.41) is 2.89. The van der Waals surface area contributed by atoms with E-state index in [1.54, 1.807) is 21.3 Å². The second-order valence-corrected chi connectivity index (χ2v) is 4.20. The van der Waals surface area contributed by atoms with E-state index in [-0.39, 0.29) is 0 Å². The van der Waals surface area contributed by atoms with Crippen molar-refractivity contribution < 1.29 is 13.9 Å². The lowest BCUT2D eigenvalue weighted by atomic mass is 10.1. The molecular formula is C14H18N2O3. The number of methoxy groups -OCH3 is 2. The Balaban J connectivity index is 2.62. The highest BCUT2D eigenvalue weighted by atomic mass is 16.5. The molecule has 5 nitrogen and oxygen atoms in total.